The van der Waals surface area contributed by atoms with Crippen LogP contribution < -0.4 is 15.4 Å². The molecule has 5 nitrogen and oxygen atoms in total. The van der Waals surface area contributed by atoms with Gasteiger partial charge in [0, 0.05) is 36.6 Å². The van der Waals surface area contributed by atoms with Crippen LogP contribution in [0.5, 0.6) is 5.75 Å². The number of methoxy groups -OCH3 is 1. The van der Waals surface area contributed by atoms with E-state index in [0.29, 0.717) is 36.1 Å². The molecule has 0 bridgehead atoms. The number of halogens is 2. The molecule has 1 atom stereocenters. The minimum Gasteiger partial charge on any atom is -0.497 e. The molecule has 7 heteroatoms. The van der Waals surface area contributed by atoms with Crippen molar-refractivity contribution in [2.75, 3.05) is 7.11 Å². The van der Waals surface area contributed by atoms with Crippen LogP contribution in [0.15, 0.2) is 42.5 Å². The molecule has 0 aromatic heterocycles. The number of carbonyl (C=O) groups is 2. The molecule has 0 radical (unpaired) electrons. The summed E-state index contributed by atoms with van der Waals surface area (Å²) in [6.45, 7) is 0.0952. The molecule has 0 saturated carbocycles. The number of nitrogens with one attached hydrogen (secondary N) is 2. The van der Waals surface area contributed by atoms with Crippen LogP contribution in [0.3, 0.4) is 0 Å². The molecule has 2 N–H and O–H groups in total. The summed E-state index contributed by atoms with van der Waals surface area (Å²) in [4.78, 5) is 24.1. The fourth-order valence-corrected chi connectivity index (χ4v) is 3.62. The van der Waals surface area contributed by atoms with E-state index in [1.165, 1.54) is 19.2 Å². The molecule has 29 heavy (non-hydrogen) atoms. The molecule has 2 aromatic rings. The van der Waals surface area contributed by atoms with E-state index >= 15 is 0 Å². The van der Waals surface area contributed by atoms with Crippen LogP contribution in [0, 0.1) is 11.6 Å². The molecule has 1 saturated heterocycles. The summed E-state index contributed by atoms with van der Waals surface area (Å²) < 4.78 is 33.1. The van der Waals surface area contributed by atoms with Crippen molar-refractivity contribution < 1.29 is 23.1 Å². The van der Waals surface area contributed by atoms with Gasteiger partial charge in [0.05, 0.1) is 7.11 Å². The summed E-state index contributed by atoms with van der Waals surface area (Å²) in [6, 6.07) is 10.9. The number of rotatable bonds is 8. The lowest BCUT2D eigenvalue weighted by atomic mass is 9.84. The van der Waals surface area contributed by atoms with Crippen LogP contribution in [0.1, 0.15) is 36.8 Å². The largest absolute Gasteiger partial charge is 0.497 e. The molecular weight excluding hydrogens is 378 g/mol. The highest BCUT2D eigenvalue weighted by atomic mass is 19.1. The Morgan fingerprint density at radius 2 is 1.97 bits per heavy atom. The van der Waals surface area contributed by atoms with Gasteiger partial charge in [0.1, 0.15) is 17.4 Å². The molecule has 2 amide bonds. The molecule has 1 fully saturated rings. The van der Waals surface area contributed by atoms with E-state index in [-0.39, 0.29) is 37.0 Å². The number of carbonyl (C=O) groups excluding carboxylic acids is 2. The third-order valence-corrected chi connectivity index (χ3v) is 5.29. The van der Waals surface area contributed by atoms with Gasteiger partial charge in [-0.3, -0.25) is 9.59 Å². The van der Waals surface area contributed by atoms with Crippen molar-refractivity contribution in [3.8, 4) is 5.75 Å². The smallest absolute Gasteiger partial charge is 0.220 e. The first-order valence-corrected chi connectivity index (χ1v) is 9.54. The molecule has 0 spiro atoms. The number of hydrogen-bond acceptors (Lipinski definition) is 3. The summed E-state index contributed by atoms with van der Waals surface area (Å²) in [5, 5.41) is 5.63. The van der Waals surface area contributed by atoms with E-state index in [9.17, 15) is 18.4 Å². The first-order valence-electron chi connectivity index (χ1n) is 9.54. The van der Waals surface area contributed by atoms with E-state index in [1.807, 2.05) is 0 Å². The highest BCUT2D eigenvalue weighted by Crippen LogP contribution is 2.31. The standard InChI is InChI=1S/C22H24F2N2O3/c1-29-17-7-6-15(19(24)12-17)13-22(11-9-21(28)26-22)10-8-20(27)25-14-16-4-2-3-5-18(16)23/h2-7,12H,8-11,13-14H2,1H3,(H,25,27)(H,26,28). The van der Waals surface area contributed by atoms with Gasteiger partial charge in [0.25, 0.3) is 0 Å². The van der Waals surface area contributed by atoms with Gasteiger partial charge in [-0.25, -0.2) is 8.78 Å². The minimum absolute atomic E-state index is 0.0952. The third-order valence-electron chi connectivity index (χ3n) is 5.29. The van der Waals surface area contributed by atoms with Crippen molar-refractivity contribution in [2.24, 2.45) is 0 Å². The second-order valence-electron chi connectivity index (χ2n) is 7.33. The quantitative estimate of drug-likeness (QED) is 0.712. The summed E-state index contributed by atoms with van der Waals surface area (Å²) >= 11 is 0. The normalized spacial score (nSPS) is 18.4. The lowest BCUT2D eigenvalue weighted by Crippen LogP contribution is -2.44. The molecule has 1 aliphatic heterocycles. The maximum atomic E-state index is 14.4. The molecule has 1 heterocycles. The maximum absolute atomic E-state index is 14.4. The van der Waals surface area contributed by atoms with Crippen LogP contribution in [0.2, 0.25) is 0 Å². The lowest BCUT2D eigenvalue weighted by molar-refractivity contribution is -0.122. The first kappa shape index (κ1) is 20.8. The fourth-order valence-electron chi connectivity index (χ4n) is 3.62. The first-order chi connectivity index (χ1) is 13.9. The molecule has 2 aromatic carbocycles. The molecule has 154 valence electrons. The number of benzene rings is 2. The number of hydrogen-bond donors (Lipinski definition) is 2. The van der Waals surface area contributed by atoms with Crippen LogP contribution in [0.25, 0.3) is 0 Å². The van der Waals surface area contributed by atoms with Crippen molar-refractivity contribution >= 4 is 11.8 Å². The molecule has 1 aliphatic rings. The summed E-state index contributed by atoms with van der Waals surface area (Å²) in [7, 11) is 1.47. The summed E-state index contributed by atoms with van der Waals surface area (Å²) in [6.07, 6.45) is 1.67. The summed E-state index contributed by atoms with van der Waals surface area (Å²) in [5.74, 6) is -0.714. The van der Waals surface area contributed by atoms with Crippen LogP contribution in [0.4, 0.5) is 8.78 Å². The van der Waals surface area contributed by atoms with E-state index in [2.05, 4.69) is 10.6 Å². The van der Waals surface area contributed by atoms with Crippen molar-refractivity contribution in [3.63, 3.8) is 0 Å². The maximum Gasteiger partial charge on any atom is 0.220 e. The van der Waals surface area contributed by atoms with Gasteiger partial charge >= 0.3 is 0 Å². The third kappa shape index (κ3) is 5.31. The van der Waals surface area contributed by atoms with Gasteiger partial charge in [-0.05, 0) is 37.0 Å². The zero-order valence-corrected chi connectivity index (χ0v) is 16.3. The van der Waals surface area contributed by atoms with E-state index in [4.69, 9.17) is 4.74 Å². The highest BCUT2D eigenvalue weighted by molar-refractivity contribution is 5.80. The topological polar surface area (TPSA) is 67.4 Å². The van der Waals surface area contributed by atoms with Crippen molar-refractivity contribution in [3.05, 3.63) is 65.2 Å². The molecule has 1 unspecified atom stereocenters. The van der Waals surface area contributed by atoms with Crippen LogP contribution >= 0.6 is 0 Å². The van der Waals surface area contributed by atoms with Crippen molar-refractivity contribution in [2.45, 2.75) is 44.2 Å². The van der Waals surface area contributed by atoms with Crippen molar-refractivity contribution in [1.82, 2.24) is 10.6 Å². The average Bonchev–Trinajstić information content (AvgIpc) is 3.08. The Hall–Kier alpha value is -2.96. The van der Waals surface area contributed by atoms with E-state index < -0.39 is 11.4 Å². The molecule has 3 rings (SSSR count). The summed E-state index contributed by atoms with van der Waals surface area (Å²) in [5.41, 5.74) is 0.187. The van der Waals surface area contributed by atoms with Gasteiger partial charge < -0.3 is 15.4 Å². The van der Waals surface area contributed by atoms with Gasteiger partial charge in [0.15, 0.2) is 0 Å². The molecular formula is C22H24F2N2O3. The Balaban J connectivity index is 1.62. The number of amides is 2. The van der Waals surface area contributed by atoms with Crippen molar-refractivity contribution in [1.29, 1.82) is 0 Å². The number of ether oxygens (including phenoxy) is 1. The van der Waals surface area contributed by atoms with Gasteiger partial charge in [-0.1, -0.05) is 24.3 Å². The van der Waals surface area contributed by atoms with Gasteiger partial charge in [0.2, 0.25) is 11.8 Å². The Kier molecular flexibility index (Phi) is 6.46. The fraction of sp³-hybridized carbons (Fsp3) is 0.364. The minimum atomic E-state index is -0.679. The second-order valence-corrected chi connectivity index (χ2v) is 7.33. The Bertz CT molecular complexity index is 903. The average molecular weight is 402 g/mol. The Labute approximate surface area is 168 Å². The van der Waals surface area contributed by atoms with Gasteiger partial charge in [-0.2, -0.15) is 0 Å². The highest BCUT2D eigenvalue weighted by Gasteiger charge is 2.38. The monoisotopic (exact) mass is 402 g/mol. The predicted molar refractivity (Wildman–Crippen MR) is 104 cm³/mol. The second kappa shape index (κ2) is 9.03. The van der Waals surface area contributed by atoms with Crippen LogP contribution in [-0.2, 0) is 22.6 Å². The SMILES string of the molecule is COc1ccc(CC2(CCC(=O)NCc3ccccc3F)CCC(=O)N2)c(F)c1. The van der Waals surface area contributed by atoms with E-state index in [0.717, 1.165) is 0 Å². The van der Waals surface area contributed by atoms with Crippen LogP contribution in [-0.4, -0.2) is 24.5 Å². The van der Waals surface area contributed by atoms with Gasteiger partial charge in [-0.15, -0.1) is 0 Å². The zero-order valence-electron chi connectivity index (χ0n) is 16.3. The molecule has 0 aliphatic carbocycles. The Morgan fingerprint density at radius 3 is 2.62 bits per heavy atom. The van der Waals surface area contributed by atoms with E-state index in [1.54, 1.807) is 30.3 Å². The zero-order chi connectivity index (χ0) is 20.9. The predicted octanol–water partition coefficient (Wildman–Crippen LogP) is 3.26. The Morgan fingerprint density at radius 1 is 1.17 bits per heavy atom. The lowest BCUT2D eigenvalue weighted by Gasteiger charge is -2.29.